The summed E-state index contributed by atoms with van der Waals surface area (Å²) in [6.45, 7) is 4.28. The van der Waals surface area contributed by atoms with E-state index in [4.69, 9.17) is 24.2 Å². The van der Waals surface area contributed by atoms with Crippen LogP contribution in [0, 0.1) is 0 Å². The van der Waals surface area contributed by atoms with Crippen molar-refractivity contribution in [3.05, 3.63) is 42.2 Å². The number of hydrogen-bond acceptors (Lipinski definition) is 8. The minimum Gasteiger partial charge on any atom is -0.493 e. The summed E-state index contributed by atoms with van der Waals surface area (Å²) < 4.78 is 20.0. The summed E-state index contributed by atoms with van der Waals surface area (Å²) >= 11 is 0. The van der Waals surface area contributed by atoms with E-state index in [9.17, 15) is 0 Å². The predicted octanol–water partition coefficient (Wildman–Crippen LogP) is 4.08. The zero-order chi connectivity index (χ0) is 23.1. The average molecular weight is 450 g/mol. The number of fused-ring (bicyclic) bond motifs is 1. The van der Waals surface area contributed by atoms with Crippen molar-refractivity contribution < 1.29 is 14.2 Å². The standard InChI is InChI=1S/C23H27N7O3/c1-13(2)16-10-25-30-22(16)27-21(14-6-7-14)28-23(30)26-19-11-29(12-24-19)15-8-17(31-3)20(33-5)18(9-15)32-4/h8-14H,6-7H2,1-5H3,(H,26,27,28). The van der Waals surface area contributed by atoms with Crippen molar-refractivity contribution in [1.82, 2.24) is 29.1 Å². The maximum Gasteiger partial charge on any atom is 0.233 e. The Hall–Kier alpha value is -3.82. The second-order valence-corrected chi connectivity index (χ2v) is 8.34. The molecular weight excluding hydrogens is 422 g/mol. The van der Waals surface area contributed by atoms with Gasteiger partial charge in [-0.1, -0.05) is 13.8 Å². The minimum atomic E-state index is 0.316. The summed E-state index contributed by atoms with van der Waals surface area (Å²) in [7, 11) is 4.77. The Labute approximate surface area is 191 Å². The molecule has 0 spiro atoms. The van der Waals surface area contributed by atoms with E-state index in [-0.39, 0.29) is 0 Å². The largest absolute Gasteiger partial charge is 0.493 e. The molecule has 1 N–H and O–H groups in total. The second kappa shape index (κ2) is 8.27. The molecule has 0 unspecified atom stereocenters. The van der Waals surface area contributed by atoms with Crippen LogP contribution in [0.25, 0.3) is 11.3 Å². The summed E-state index contributed by atoms with van der Waals surface area (Å²) in [5.41, 5.74) is 2.76. The Kier molecular flexibility index (Phi) is 5.27. The van der Waals surface area contributed by atoms with Crippen LogP contribution >= 0.6 is 0 Å². The number of ether oxygens (including phenoxy) is 3. The van der Waals surface area contributed by atoms with Crippen LogP contribution in [0.3, 0.4) is 0 Å². The van der Waals surface area contributed by atoms with Gasteiger partial charge in [0.2, 0.25) is 11.7 Å². The zero-order valence-corrected chi connectivity index (χ0v) is 19.4. The minimum absolute atomic E-state index is 0.316. The molecule has 1 saturated carbocycles. The van der Waals surface area contributed by atoms with Crippen molar-refractivity contribution >= 4 is 17.4 Å². The van der Waals surface area contributed by atoms with Gasteiger partial charge in [-0.2, -0.15) is 14.6 Å². The summed E-state index contributed by atoms with van der Waals surface area (Å²) in [6, 6.07) is 3.73. The van der Waals surface area contributed by atoms with Gasteiger partial charge in [-0.15, -0.1) is 0 Å². The molecule has 10 nitrogen and oxygen atoms in total. The van der Waals surface area contributed by atoms with Crippen LogP contribution in [0.1, 0.15) is 49.9 Å². The summed E-state index contributed by atoms with van der Waals surface area (Å²) in [5, 5.41) is 7.86. The third-order valence-corrected chi connectivity index (χ3v) is 5.75. The Balaban J connectivity index is 1.51. The van der Waals surface area contributed by atoms with E-state index in [1.54, 1.807) is 32.2 Å². The number of nitrogens with one attached hydrogen (secondary N) is 1. The summed E-state index contributed by atoms with van der Waals surface area (Å²) in [4.78, 5) is 14.1. The van der Waals surface area contributed by atoms with E-state index in [1.165, 1.54) is 0 Å². The number of rotatable bonds is 8. The van der Waals surface area contributed by atoms with E-state index in [2.05, 4.69) is 29.2 Å². The van der Waals surface area contributed by atoms with E-state index in [0.717, 1.165) is 35.6 Å². The molecule has 10 heteroatoms. The third-order valence-electron chi connectivity index (χ3n) is 5.75. The van der Waals surface area contributed by atoms with Gasteiger partial charge >= 0.3 is 0 Å². The first-order valence-corrected chi connectivity index (χ1v) is 10.9. The molecule has 0 radical (unpaired) electrons. The Morgan fingerprint density at radius 1 is 1.03 bits per heavy atom. The van der Waals surface area contributed by atoms with Crippen molar-refractivity contribution in [2.45, 2.75) is 38.5 Å². The van der Waals surface area contributed by atoms with Gasteiger partial charge < -0.3 is 24.1 Å². The van der Waals surface area contributed by atoms with Crippen LogP contribution in [-0.4, -0.2) is 50.5 Å². The monoisotopic (exact) mass is 449 g/mol. The number of benzene rings is 1. The summed E-state index contributed by atoms with van der Waals surface area (Å²) in [6.07, 6.45) is 7.70. The molecule has 0 aliphatic heterocycles. The molecule has 3 aromatic heterocycles. The molecule has 1 fully saturated rings. The van der Waals surface area contributed by atoms with E-state index in [0.29, 0.717) is 40.9 Å². The normalized spacial score (nSPS) is 13.5. The lowest BCUT2D eigenvalue weighted by Gasteiger charge is -2.14. The highest BCUT2D eigenvalue weighted by Crippen LogP contribution is 2.40. The van der Waals surface area contributed by atoms with Crippen LogP contribution in [0.4, 0.5) is 11.8 Å². The fourth-order valence-corrected chi connectivity index (χ4v) is 3.78. The highest BCUT2D eigenvalue weighted by atomic mass is 16.5. The fraction of sp³-hybridized carbons (Fsp3) is 0.391. The van der Waals surface area contributed by atoms with Gasteiger partial charge in [0.15, 0.2) is 23.0 Å². The molecular formula is C23H27N7O3. The smallest absolute Gasteiger partial charge is 0.233 e. The Morgan fingerprint density at radius 3 is 2.36 bits per heavy atom. The number of anilines is 2. The van der Waals surface area contributed by atoms with Crippen LogP contribution in [-0.2, 0) is 0 Å². The lowest BCUT2D eigenvalue weighted by atomic mass is 10.1. The highest BCUT2D eigenvalue weighted by molar-refractivity contribution is 5.60. The number of methoxy groups -OCH3 is 3. The van der Waals surface area contributed by atoms with Gasteiger partial charge in [-0.25, -0.2) is 9.97 Å². The SMILES string of the molecule is COc1cc(-n2cnc(Nc3nc(C4CC4)nc4c(C(C)C)cnn34)c2)cc(OC)c1OC. The second-order valence-electron chi connectivity index (χ2n) is 8.34. The molecule has 1 aromatic carbocycles. The number of hydrogen-bond donors (Lipinski definition) is 1. The van der Waals surface area contributed by atoms with Gasteiger partial charge in [0.05, 0.1) is 39.4 Å². The maximum absolute atomic E-state index is 5.47. The van der Waals surface area contributed by atoms with Gasteiger partial charge in [-0.05, 0) is 18.8 Å². The fourth-order valence-electron chi connectivity index (χ4n) is 3.78. The molecule has 3 heterocycles. The first-order valence-electron chi connectivity index (χ1n) is 10.9. The van der Waals surface area contributed by atoms with Crippen LogP contribution in [0.5, 0.6) is 17.2 Å². The van der Waals surface area contributed by atoms with Crippen LogP contribution in [0.2, 0.25) is 0 Å². The lowest BCUT2D eigenvalue weighted by molar-refractivity contribution is 0.324. The van der Waals surface area contributed by atoms with Crippen molar-refractivity contribution in [2.75, 3.05) is 26.6 Å². The Morgan fingerprint density at radius 2 is 1.76 bits per heavy atom. The molecule has 0 bridgehead atoms. The van der Waals surface area contributed by atoms with Gasteiger partial charge in [0.25, 0.3) is 0 Å². The van der Waals surface area contributed by atoms with Crippen molar-refractivity contribution in [3.63, 3.8) is 0 Å². The average Bonchev–Trinajstić information content (AvgIpc) is 3.41. The van der Waals surface area contributed by atoms with Crippen molar-refractivity contribution in [3.8, 4) is 22.9 Å². The topological polar surface area (TPSA) is 101 Å². The molecule has 0 amide bonds. The van der Waals surface area contributed by atoms with Gasteiger partial charge in [-0.3, -0.25) is 0 Å². The van der Waals surface area contributed by atoms with Gasteiger partial charge in [0.1, 0.15) is 12.2 Å². The van der Waals surface area contributed by atoms with Crippen molar-refractivity contribution in [1.29, 1.82) is 0 Å². The predicted molar refractivity (Wildman–Crippen MR) is 123 cm³/mol. The van der Waals surface area contributed by atoms with Gasteiger partial charge in [0, 0.05) is 23.6 Å². The highest BCUT2D eigenvalue weighted by Gasteiger charge is 2.29. The van der Waals surface area contributed by atoms with E-state index in [1.807, 2.05) is 29.1 Å². The third kappa shape index (κ3) is 3.81. The van der Waals surface area contributed by atoms with Crippen molar-refractivity contribution in [2.24, 2.45) is 0 Å². The number of aromatic nitrogens is 6. The molecule has 0 saturated heterocycles. The number of nitrogens with zero attached hydrogens (tertiary/aromatic N) is 6. The first kappa shape index (κ1) is 21.0. The van der Waals surface area contributed by atoms with E-state index < -0.39 is 0 Å². The first-order chi connectivity index (χ1) is 16.0. The molecule has 172 valence electrons. The molecule has 0 atom stereocenters. The number of imidazole rings is 1. The molecule has 1 aliphatic carbocycles. The lowest BCUT2D eigenvalue weighted by Crippen LogP contribution is -2.08. The van der Waals surface area contributed by atoms with E-state index >= 15 is 0 Å². The maximum atomic E-state index is 5.47. The molecule has 5 rings (SSSR count). The molecule has 33 heavy (non-hydrogen) atoms. The quantitative estimate of drug-likeness (QED) is 0.429. The Bertz CT molecular complexity index is 1280. The summed E-state index contributed by atoms with van der Waals surface area (Å²) in [5.74, 6) is 4.50. The van der Waals surface area contributed by atoms with Crippen LogP contribution in [0.15, 0.2) is 30.9 Å². The van der Waals surface area contributed by atoms with Crippen LogP contribution < -0.4 is 19.5 Å². The molecule has 1 aliphatic rings. The zero-order valence-electron chi connectivity index (χ0n) is 19.4. The molecule has 4 aromatic rings.